The van der Waals surface area contributed by atoms with E-state index in [0.29, 0.717) is 23.5 Å². The highest BCUT2D eigenvalue weighted by atomic mass is 16.1. The molecule has 0 saturated heterocycles. The molecule has 0 amide bonds. The van der Waals surface area contributed by atoms with E-state index in [9.17, 15) is 10.1 Å². The molecule has 9 heteroatoms. The quantitative estimate of drug-likeness (QED) is 0.430. The van der Waals surface area contributed by atoms with Crippen LogP contribution in [0.25, 0.3) is 16.7 Å². The van der Waals surface area contributed by atoms with Gasteiger partial charge in [-0.3, -0.25) is 9.78 Å². The number of nitrogens with one attached hydrogen (secondary N) is 2. The molecule has 1 aliphatic heterocycles. The normalized spacial score (nSPS) is 17.6. The van der Waals surface area contributed by atoms with E-state index < -0.39 is 5.41 Å². The van der Waals surface area contributed by atoms with Crippen molar-refractivity contribution < 1.29 is 0 Å². The fourth-order valence-electron chi connectivity index (χ4n) is 5.62. The summed E-state index contributed by atoms with van der Waals surface area (Å²) < 4.78 is 3.47. The van der Waals surface area contributed by atoms with Crippen molar-refractivity contribution in [1.82, 2.24) is 29.6 Å². The Labute approximate surface area is 215 Å². The lowest BCUT2D eigenvalue weighted by atomic mass is 9.67. The van der Waals surface area contributed by atoms with Gasteiger partial charge >= 0.3 is 0 Å². The maximum atomic E-state index is 13.2. The largest absolute Gasteiger partial charge is 0.324 e. The maximum Gasteiger partial charge on any atom is 0.278 e. The molecule has 0 radical (unpaired) electrons. The van der Waals surface area contributed by atoms with Crippen LogP contribution in [0.3, 0.4) is 0 Å². The van der Waals surface area contributed by atoms with E-state index in [-0.39, 0.29) is 11.0 Å². The summed E-state index contributed by atoms with van der Waals surface area (Å²) in [5.41, 5.74) is 4.89. The summed E-state index contributed by atoms with van der Waals surface area (Å²) in [6.07, 6.45) is 5.92. The van der Waals surface area contributed by atoms with Gasteiger partial charge in [0.25, 0.3) is 5.56 Å². The van der Waals surface area contributed by atoms with Crippen LogP contribution in [0.2, 0.25) is 0 Å². The minimum absolute atomic E-state index is 0.0770. The van der Waals surface area contributed by atoms with E-state index in [2.05, 4.69) is 58.7 Å². The molecule has 1 fully saturated rings. The molecule has 9 nitrogen and oxygen atoms in total. The van der Waals surface area contributed by atoms with E-state index in [1.807, 2.05) is 23.7 Å². The first kappa shape index (κ1) is 23.4. The number of nitrogens with zero attached hydrogens (tertiary/aromatic N) is 6. The van der Waals surface area contributed by atoms with Gasteiger partial charge in [-0.2, -0.15) is 10.2 Å². The Hall–Kier alpha value is -4.03. The van der Waals surface area contributed by atoms with Gasteiger partial charge in [-0.05, 0) is 61.6 Å². The number of nitriles is 1. The van der Waals surface area contributed by atoms with Gasteiger partial charge in [0, 0.05) is 43.1 Å². The second kappa shape index (κ2) is 8.53. The maximum absolute atomic E-state index is 13.2. The summed E-state index contributed by atoms with van der Waals surface area (Å²) in [5.74, 6) is 0.416. The van der Waals surface area contributed by atoms with E-state index >= 15 is 0 Å². The van der Waals surface area contributed by atoms with Crippen LogP contribution in [0.15, 0.2) is 47.5 Å². The lowest BCUT2D eigenvalue weighted by molar-refractivity contribution is 0.316. The number of benzene rings is 1. The van der Waals surface area contributed by atoms with Crippen molar-refractivity contribution in [1.29, 1.82) is 5.26 Å². The number of pyridine rings is 1. The lowest BCUT2D eigenvalue weighted by Crippen LogP contribution is -2.38. The van der Waals surface area contributed by atoms with Crippen LogP contribution in [-0.4, -0.2) is 30.9 Å². The van der Waals surface area contributed by atoms with E-state index in [1.54, 1.807) is 17.1 Å². The van der Waals surface area contributed by atoms with E-state index in [1.165, 1.54) is 11.1 Å². The molecule has 0 spiro atoms. The summed E-state index contributed by atoms with van der Waals surface area (Å²) in [4.78, 5) is 27.0. The average Bonchev–Trinajstić information content (AvgIpc) is 3.14. The van der Waals surface area contributed by atoms with Gasteiger partial charge in [0.05, 0.1) is 22.9 Å². The van der Waals surface area contributed by atoms with Crippen molar-refractivity contribution in [2.75, 3.05) is 11.9 Å². The van der Waals surface area contributed by atoms with Crippen molar-refractivity contribution in [3.63, 3.8) is 0 Å². The SMILES string of the molecule is CCn1c(=O)c2cnc(Nc3ccc4c(c3)CNCC4(C)C)nc2n1-c1ccnc(C2(C#N)CCC2)c1. The fourth-order valence-corrected chi connectivity index (χ4v) is 5.62. The smallest absolute Gasteiger partial charge is 0.278 e. The first-order valence-electron chi connectivity index (χ1n) is 12.8. The fraction of sp³-hybridized carbons (Fsp3) is 0.393. The second-order valence-corrected chi connectivity index (χ2v) is 10.7. The Kier molecular flexibility index (Phi) is 5.39. The number of anilines is 2. The number of rotatable bonds is 5. The minimum atomic E-state index is -0.548. The number of aromatic nitrogens is 5. The Balaban J connectivity index is 1.42. The van der Waals surface area contributed by atoms with Crippen molar-refractivity contribution in [3.05, 3.63) is 69.9 Å². The Bertz CT molecular complexity index is 1620. The van der Waals surface area contributed by atoms with Crippen LogP contribution in [-0.2, 0) is 23.9 Å². The van der Waals surface area contributed by atoms with E-state index in [0.717, 1.165) is 49.4 Å². The van der Waals surface area contributed by atoms with Crippen LogP contribution in [0.5, 0.6) is 0 Å². The summed E-state index contributed by atoms with van der Waals surface area (Å²) in [6.45, 7) is 8.65. The van der Waals surface area contributed by atoms with Gasteiger partial charge < -0.3 is 10.6 Å². The van der Waals surface area contributed by atoms with Crippen LogP contribution in [0, 0.1) is 11.3 Å². The number of fused-ring (bicyclic) bond motifs is 2. The third-order valence-electron chi connectivity index (χ3n) is 7.85. The van der Waals surface area contributed by atoms with Crippen molar-refractivity contribution >= 4 is 22.7 Å². The predicted octanol–water partition coefficient (Wildman–Crippen LogP) is 4.07. The van der Waals surface area contributed by atoms with Crippen LogP contribution < -0.4 is 16.2 Å². The zero-order valence-electron chi connectivity index (χ0n) is 21.4. The molecule has 6 rings (SSSR count). The highest BCUT2D eigenvalue weighted by Crippen LogP contribution is 2.42. The summed E-state index contributed by atoms with van der Waals surface area (Å²) in [5, 5.41) is 17.1. The predicted molar refractivity (Wildman–Crippen MR) is 142 cm³/mol. The molecule has 2 N–H and O–H groups in total. The molecule has 3 aromatic heterocycles. The summed E-state index contributed by atoms with van der Waals surface area (Å²) >= 11 is 0. The van der Waals surface area contributed by atoms with Gasteiger partial charge in [-0.25, -0.2) is 14.3 Å². The Morgan fingerprint density at radius 3 is 2.76 bits per heavy atom. The molecule has 1 aromatic carbocycles. The highest BCUT2D eigenvalue weighted by molar-refractivity contribution is 5.77. The van der Waals surface area contributed by atoms with Gasteiger partial charge in [0.2, 0.25) is 5.95 Å². The molecular weight excluding hydrogens is 464 g/mol. The Morgan fingerprint density at radius 1 is 1.19 bits per heavy atom. The van der Waals surface area contributed by atoms with Gasteiger partial charge in [-0.1, -0.05) is 19.9 Å². The highest BCUT2D eigenvalue weighted by Gasteiger charge is 2.40. The molecule has 4 heterocycles. The molecule has 1 saturated carbocycles. The molecule has 37 heavy (non-hydrogen) atoms. The third-order valence-corrected chi connectivity index (χ3v) is 7.85. The van der Waals surface area contributed by atoms with Crippen LogP contribution in [0.4, 0.5) is 11.6 Å². The lowest BCUT2D eigenvalue weighted by Gasteiger charge is -2.34. The molecule has 0 unspecified atom stereocenters. The average molecular weight is 495 g/mol. The summed E-state index contributed by atoms with van der Waals surface area (Å²) in [6, 6.07) is 12.6. The topological polar surface area (TPSA) is 113 Å². The van der Waals surface area contributed by atoms with Crippen LogP contribution >= 0.6 is 0 Å². The van der Waals surface area contributed by atoms with E-state index in [4.69, 9.17) is 4.98 Å². The molecule has 0 bridgehead atoms. The van der Waals surface area contributed by atoms with Gasteiger partial charge in [-0.15, -0.1) is 0 Å². The first-order valence-corrected chi connectivity index (χ1v) is 12.8. The molecular formula is C28H30N8O. The zero-order chi connectivity index (χ0) is 25.8. The molecule has 0 atom stereocenters. The zero-order valence-corrected chi connectivity index (χ0v) is 21.4. The number of hydrogen-bond donors (Lipinski definition) is 2. The number of hydrogen-bond acceptors (Lipinski definition) is 7. The molecule has 2 aliphatic rings. The van der Waals surface area contributed by atoms with Gasteiger partial charge in [0.15, 0.2) is 5.65 Å². The first-order chi connectivity index (χ1) is 17.8. The van der Waals surface area contributed by atoms with Crippen LogP contribution in [0.1, 0.15) is 56.9 Å². The molecule has 4 aromatic rings. The van der Waals surface area contributed by atoms with Gasteiger partial charge in [0.1, 0.15) is 5.39 Å². The molecule has 188 valence electrons. The van der Waals surface area contributed by atoms with Crippen molar-refractivity contribution in [2.24, 2.45) is 0 Å². The minimum Gasteiger partial charge on any atom is -0.324 e. The summed E-state index contributed by atoms with van der Waals surface area (Å²) in [7, 11) is 0. The third kappa shape index (κ3) is 3.71. The van der Waals surface area contributed by atoms with Crippen molar-refractivity contribution in [2.45, 2.75) is 64.0 Å². The second-order valence-electron chi connectivity index (χ2n) is 10.7. The standard InChI is InChI=1S/C28H30N8O/c1-4-35-25(37)21-15-32-26(33-19-6-7-22-18(12-19)14-30-17-27(22,2)3)34-24(21)36(35)20-8-11-31-23(13-20)28(16-29)9-5-10-28/h6-8,11-13,15,30H,4-5,9-10,14,17H2,1-3H3,(H,32,33,34). The van der Waals surface area contributed by atoms with Crippen molar-refractivity contribution in [3.8, 4) is 11.8 Å². The Morgan fingerprint density at radius 2 is 2.03 bits per heavy atom. The molecule has 1 aliphatic carbocycles. The monoisotopic (exact) mass is 494 g/mol.